The van der Waals surface area contributed by atoms with Gasteiger partial charge in [0.15, 0.2) is 0 Å². The van der Waals surface area contributed by atoms with Crippen molar-refractivity contribution in [2.45, 2.75) is 26.4 Å². The lowest BCUT2D eigenvalue weighted by Gasteiger charge is -2.17. The summed E-state index contributed by atoms with van der Waals surface area (Å²) in [6.07, 6.45) is -0.445. The van der Waals surface area contributed by atoms with Gasteiger partial charge in [-0.2, -0.15) is 4.79 Å². The molecule has 2 rings (SSSR count). The van der Waals surface area contributed by atoms with Crippen LogP contribution in [0.25, 0.3) is 0 Å². The fraction of sp³-hybridized carbons (Fsp3) is 0.400. The van der Waals surface area contributed by atoms with Crippen LogP contribution in [0.5, 0.6) is 0 Å². The summed E-state index contributed by atoms with van der Waals surface area (Å²) >= 11 is 0. The van der Waals surface area contributed by atoms with Crippen molar-refractivity contribution in [1.29, 1.82) is 0 Å². The van der Waals surface area contributed by atoms with Gasteiger partial charge >= 0.3 is 6.09 Å². The van der Waals surface area contributed by atoms with Gasteiger partial charge in [-0.15, -0.1) is 0 Å². The van der Waals surface area contributed by atoms with E-state index in [4.69, 9.17) is 4.74 Å². The van der Waals surface area contributed by atoms with E-state index in [-0.39, 0.29) is 24.9 Å². The summed E-state index contributed by atoms with van der Waals surface area (Å²) in [5.41, 5.74) is 0.280. The number of primary amides is 1. The van der Waals surface area contributed by atoms with Gasteiger partial charge in [0.1, 0.15) is 12.1 Å². The van der Waals surface area contributed by atoms with Crippen LogP contribution in [0.15, 0.2) is 24.3 Å². The maximum absolute atomic E-state index is 12.1. The monoisotopic (exact) mass is 291 g/mol. The minimum absolute atomic E-state index is 0.172. The number of quaternary nitrogens is 1. The van der Waals surface area contributed by atoms with E-state index in [1.165, 1.54) is 5.32 Å². The van der Waals surface area contributed by atoms with Crippen molar-refractivity contribution in [1.82, 2.24) is 4.90 Å². The van der Waals surface area contributed by atoms with Crippen molar-refractivity contribution in [3.8, 4) is 0 Å². The lowest BCUT2D eigenvalue weighted by Crippen LogP contribution is -2.90. The number of carbonyl (C=O) groups is 3. The van der Waals surface area contributed by atoms with Gasteiger partial charge in [-0.1, -0.05) is 12.1 Å². The summed E-state index contributed by atoms with van der Waals surface area (Å²) in [6, 6.07) is 6.71. The second-order valence-corrected chi connectivity index (χ2v) is 5.83. The Morgan fingerprint density at radius 1 is 1.14 bits per heavy atom. The molecule has 6 heteroatoms. The average molecular weight is 291 g/mol. The van der Waals surface area contributed by atoms with Crippen molar-refractivity contribution in [3.05, 3.63) is 35.4 Å². The van der Waals surface area contributed by atoms with Crippen LogP contribution in [-0.4, -0.2) is 41.5 Å². The predicted molar refractivity (Wildman–Crippen MR) is 74.8 cm³/mol. The van der Waals surface area contributed by atoms with Crippen LogP contribution in [0.1, 0.15) is 41.5 Å². The smallest absolute Gasteiger partial charge is 0.414 e. The van der Waals surface area contributed by atoms with Gasteiger partial charge in [-0.05, 0) is 32.9 Å². The number of amides is 3. The Morgan fingerprint density at radius 3 is 2.14 bits per heavy atom. The molecule has 21 heavy (non-hydrogen) atoms. The molecular weight excluding hydrogens is 272 g/mol. The lowest BCUT2D eigenvalue weighted by molar-refractivity contribution is -0.571. The molecule has 0 unspecified atom stereocenters. The molecule has 0 saturated carbocycles. The van der Waals surface area contributed by atoms with E-state index in [1.807, 2.05) is 0 Å². The molecule has 1 aliphatic rings. The molecule has 0 saturated heterocycles. The summed E-state index contributed by atoms with van der Waals surface area (Å²) < 4.78 is 5.14. The summed E-state index contributed by atoms with van der Waals surface area (Å²) in [4.78, 5) is 36.9. The van der Waals surface area contributed by atoms with E-state index in [9.17, 15) is 14.4 Å². The van der Waals surface area contributed by atoms with Gasteiger partial charge < -0.3 is 4.74 Å². The van der Waals surface area contributed by atoms with E-state index in [0.717, 1.165) is 4.90 Å². The zero-order chi connectivity index (χ0) is 15.6. The Hall–Kier alpha value is -2.21. The molecule has 6 nitrogen and oxygen atoms in total. The predicted octanol–water partition coefficient (Wildman–Crippen LogP) is 0.781. The van der Waals surface area contributed by atoms with Crippen LogP contribution in [0.2, 0.25) is 0 Å². The van der Waals surface area contributed by atoms with Crippen LogP contribution < -0.4 is 5.32 Å². The van der Waals surface area contributed by atoms with Gasteiger partial charge in [0.05, 0.1) is 17.7 Å². The number of carbonyl (C=O) groups excluding carboxylic acids is 3. The zero-order valence-electron chi connectivity index (χ0n) is 12.4. The van der Waals surface area contributed by atoms with Gasteiger partial charge in [0.2, 0.25) is 0 Å². The van der Waals surface area contributed by atoms with Crippen molar-refractivity contribution in [2.75, 3.05) is 13.1 Å². The second kappa shape index (κ2) is 5.65. The molecule has 0 bridgehead atoms. The molecular formula is C15H19N2O4+. The van der Waals surface area contributed by atoms with Crippen molar-refractivity contribution in [2.24, 2.45) is 0 Å². The molecule has 112 valence electrons. The van der Waals surface area contributed by atoms with Crippen molar-refractivity contribution >= 4 is 17.9 Å². The highest BCUT2D eigenvalue weighted by Crippen LogP contribution is 2.21. The Balaban J connectivity index is 1.90. The molecule has 0 radical (unpaired) electrons. The number of hydrogen-bond donors (Lipinski definition) is 1. The number of hydrogen-bond acceptors (Lipinski definition) is 4. The molecule has 1 aromatic rings. The molecule has 0 aromatic heterocycles. The van der Waals surface area contributed by atoms with E-state index < -0.39 is 11.7 Å². The first-order chi connectivity index (χ1) is 9.79. The maximum Gasteiger partial charge on any atom is 0.513 e. The normalized spacial score (nSPS) is 14.3. The number of ether oxygens (including phenoxy) is 1. The van der Waals surface area contributed by atoms with Crippen LogP contribution in [0.3, 0.4) is 0 Å². The third-order valence-electron chi connectivity index (χ3n) is 2.95. The summed E-state index contributed by atoms with van der Waals surface area (Å²) in [6.45, 7) is 5.79. The molecule has 0 aliphatic carbocycles. The Kier molecular flexibility index (Phi) is 4.09. The van der Waals surface area contributed by atoms with Crippen molar-refractivity contribution in [3.63, 3.8) is 0 Å². The van der Waals surface area contributed by atoms with Gasteiger partial charge in [0, 0.05) is 0 Å². The summed E-state index contributed by atoms with van der Waals surface area (Å²) in [5, 5.41) is 1.36. The second-order valence-electron chi connectivity index (χ2n) is 5.83. The zero-order valence-corrected chi connectivity index (χ0v) is 12.4. The molecule has 3 amide bonds. The highest BCUT2D eigenvalue weighted by Gasteiger charge is 2.35. The molecule has 1 aliphatic heterocycles. The number of benzene rings is 1. The van der Waals surface area contributed by atoms with Crippen LogP contribution >= 0.6 is 0 Å². The molecule has 0 spiro atoms. The molecule has 2 N–H and O–H groups in total. The Morgan fingerprint density at radius 2 is 1.67 bits per heavy atom. The topological polar surface area (TPSA) is 80.3 Å². The van der Waals surface area contributed by atoms with E-state index in [2.05, 4.69) is 0 Å². The Bertz CT molecular complexity index is 555. The minimum atomic E-state index is -0.552. The number of fused-ring (bicyclic) bond motifs is 1. The number of rotatable bonds is 3. The lowest BCUT2D eigenvalue weighted by atomic mass is 10.1. The highest BCUT2D eigenvalue weighted by molar-refractivity contribution is 6.21. The largest absolute Gasteiger partial charge is 0.513 e. The average Bonchev–Trinajstić information content (AvgIpc) is 2.62. The fourth-order valence-corrected chi connectivity index (χ4v) is 2.10. The Labute approximate surface area is 123 Å². The number of nitrogens with two attached hydrogens (primary N) is 1. The molecule has 0 atom stereocenters. The van der Waals surface area contributed by atoms with Crippen LogP contribution in [-0.2, 0) is 4.74 Å². The standard InChI is InChI=1S/C15H18N2O4/c1-15(2,3)21-14(20)16-8-9-17-12(18)10-6-4-5-7-11(10)13(17)19/h4-7H,8-9H2,1-3H3,(H,16,20)/p+1. The van der Waals surface area contributed by atoms with Crippen LogP contribution in [0, 0.1) is 0 Å². The molecule has 0 fully saturated rings. The number of imide groups is 1. The maximum atomic E-state index is 12.1. The minimum Gasteiger partial charge on any atom is -0.414 e. The third kappa shape index (κ3) is 3.46. The molecule has 1 aromatic carbocycles. The number of nitrogens with zero attached hydrogens (tertiary/aromatic N) is 1. The third-order valence-corrected chi connectivity index (χ3v) is 2.95. The first kappa shape index (κ1) is 15.2. The fourth-order valence-electron chi connectivity index (χ4n) is 2.10. The first-order valence-corrected chi connectivity index (χ1v) is 6.81. The van der Waals surface area contributed by atoms with Gasteiger partial charge in [-0.3, -0.25) is 14.5 Å². The summed E-state index contributed by atoms with van der Waals surface area (Å²) in [7, 11) is 0. The van der Waals surface area contributed by atoms with E-state index in [1.54, 1.807) is 45.0 Å². The SMILES string of the molecule is CC(C)(C)OC(=O)[NH2+]CCN1C(=O)c2ccccc2C1=O. The quantitative estimate of drug-likeness (QED) is 0.835. The molecule has 1 heterocycles. The van der Waals surface area contributed by atoms with Gasteiger partial charge in [-0.25, -0.2) is 5.32 Å². The van der Waals surface area contributed by atoms with Gasteiger partial charge in [0.25, 0.3) is 11.8 Å². The van der Waals surface area contributed by atoms with Crippen molar-refractivity contribution < 1.29 is 24.4 Å². The van der Waals surface area contributed by atoms with E-state index >= 15 is 0 Å². The van der Waals surface area contributed by atoms with E-state index in [0.29, 0.717) is 11.1 Å². The van der Waals surface area contributed by atoms with Crippen LogP contribution in [0.4, 0.5) is 4.79 Å². The first-order valence-electron chi connectivity index (χ1n) is 6.81. The highest BCUT2D eigenvalue weighted by atomic mass is 16.6. The summed E-state index contributed by atoms with van der Waals surface area (Å²) in [5.74, 6) is -0.624.